The van der Waals surface area contributed by atoms with Crippen LogP contribution in [0, 0.1) is 17.2 Å². The Kier molecular flexibility index (Phi) is 2.79. The van der Waals surface area contributed by atoms with Crippen LogP contribution in [0.5, 0.6) is 0 Å². The van der Waals surface area contributed by atoms with Gasteiger partial charge in [0, 0.05) is 6.54 Å². The van der Waals surface area contributed by atoms with Crippen LogP contribution in [0.1, 0.15) is 36.4 Å². The largest absolute Gasteiger partial charge is 0.335 e. The lowest BCUT2D eigenvalue weighted by Gasteiger charge is -2.35. The number of hydrogen-bond acceptors (Lipinski definition) is 2. The molecule has 92 valence electrons. The molecule has 0 bridgehead atoms. The number of nitrogens with zero attached hydrogens (tertiary/aromatic N) is 2. The van der Waals surface area contributed by atoms with Gasteiger partial charge in [0.2, 0.25) is 5.91 Å². The third-order valence-corrected chi connectivity index (χ3v) is 4.08. The topological polar surface area (TPSA) is 44.1 Å². The van der Waals surface area contributed by atoms with E-state index in [4.69, 9.17) is 0 Å². The van der Waals surface area contributed by atoms with Crippen LogP contribution in [-0.4, -0.2) is 17.4 Å². The van der Waals surface area contributed by atoms with E-state index in [9.17, 15) is 10.1 Å². The molecule has 2 heterocycles. The molecule has 1 fully saturated rings. The maximum Gasteiger partial charge on any atom is 0.240 e. The predicted molar refractivity (Wildman–Crippen MR) is 67.6 cm³/mol. The van der Waals surface area contributed by atoms with Crippen molar-refractivity contribution in [2.45, 2.75) is 31.7 Å². The highest BCUT2D eigenvalue weighted by atomic mass is 16.2. The lowest BCUT2D eigenvalue weighted by atomic mass is 9.92. The Bertz CT molecular complexity index is 517. The Labute approximate surface area is 107 Å². The Hall–Kier alpha value is -1.82. The van der Waals surface area contributed by atoms with Gasteiger partial charge in [0.1, 0.15) is 5.92 Å². The van der Waals surface area contributed by atoms with Crippen molar-refractivity contribution in [1.82, 2.24) is 4.90 Å². The molecule has 1 aromatic rings. The SMILES string of the molecule is N#CC1Cc2ccccc2C2CCCCN2C1=O. The summed E-state index contributed by atoms with van der Waals surface area (Å²) in [6, 6.07) is 10.6. The van der Waals surface area contributed by atoms with Gasteiger partial charge in [0.15, 0.2) is 0 Å². The van der Waals surface area contributed by atoms with Crippen LogP contribution < -0.4 is 0 Å². The summed E-state index contributed by atoms with van der Waals surface area (Å²) in [7, 11) is 0. The summed E-state index contributed by atoms with van der Waals surface area (Å²) < 4.78 is 0. The molecule has 1 saturated heterocycles. The fourth-order valence-corrected chi connectivity index (χ4v) is 3.17. The molecule has 2 aliphatic heterocycles. The first kappa shape index (κ1) is 11.3. The summed E-state index contributed by atoms with van der Waals surface area (Å²) in [5.41, 5.74) is 2.43. The fraction of sp³-hybridized carbons (Fsp3) is 0.467. The lowest BCUT2D eigenvalue weighted by Crippen LogP contribution is -2.40. The summed E-state index contributed by atoms with van der Waals surface area (Å²) >= 11 is 0. The van der Waals surface area contributed by atoms with E-state index >= 15 is 0 Å². The number of carbonyl (C=O) groups is 1. The van der Waals surface area contributed by atoms with Gasteiger partial charge < -0.3 is 4.90 Å². The third-order valence-electron chi connectivity index (χ3n) is 4.08. The molecule has 0 aliphatic carbocycles. The van der Waals surface area contributed by atoms with E-state index in [1.54, 1.807) is 0 Å². The number of carbonyl (C=O) groups excluding carboxylic acids is 1. The first-order valence-corrected chi connectivity index (χ1v) is 6.59. The minimum atomic E-state index is -0.505. The summed E-state index contributed by atoms with van der Waals surface area (Å²) in [6.07, 6.45) is 3.82. The zero-order valence-electron chi connectivity index (χ0n) is 10.3. The molecule has 18 heavy (non-hydrogen) atoms. The number of rotatable bonds is 0. The number of fused-ring (bicyclic) bond motifs is 3. The predicted octanol–water partition coefficient (Wildman–Crippen LogP) is 2.44. The van der Waals surface area contributed by atoms with Gasteiger partial charge in [-0.1, -0.05) is 24.3 Å². The second kappa shape index (κ2) is 4.45. The van der Waals surface area contributed by atoms with Crippen molar-refractivity contribution >= 4 is 5.91 Å². The van der Waals surface area contributed by atoms with Gasteiger partial charge in [0.05, 0.1) is 12.1 Å². The Morgan fingerprint density at radius 2 is 2.11 bits per heavy atom. The number of amides is 1. The minimum absolute atomic E-state index is 0.0263. The maximum atomic E-state index is 12.4. The number of hydrogen-bond donors (Lipinski definition) is 0. The maximum absolute atomic E-state index is 12.4. The van der Waals surface area contributed by atoms with Crippen molar-refractivity contribution in [3.8, 4) is 6.07 Å². The van der Waals surface area contributed by atoms with Crippen LogP contribution in [0.4, 0.5) is 0 Å². The van der Waals surface area contributed by atoms with Crippen LogP contribution >= 0.6 is 0 Å². The van der Waals surface area contributed by atoms with E-state index < -0.39 is 5.92 Å². The smallest absolute Gasteiger partial charge is 0.240 e. The Balaban J connectivity index is 2.09. The van der Waals surface area contributed by atoms with Crippen molar-refractivity contribution in [3.05, 3.63) is 35.4 Å². The fourth-order valence-electron chi connectivity index (χ4n) is 3.17. The highest BCUT2D eigenvalue weighted by Gasteiger charge is 2.36. The van der Waals surface area contributed by atoms with E-state index in [1.165, 1.54) is 17.5 Å². The monoisotopic (exact) mass is 240 g/mol. The molecular weight excluding hydrogens is 224 g/mol. The Morgan fingerprint density at radius 1 is 1.28 bits per heavy atom. The lowest BCUT2D eigenvalue weighted by molar-refractivity contribution is -0.137. The summed E-state index contributed by atoms with van der Waals surface area (Å²) in [4.78, 5) is 14.3. The summed E-state index contributed by atoms with van der Waals surface area (Å²) in [6.45, 7) is 0.802. The van der Waals surface area contributed by atoms with Gasteiger partial charge in [-0.25, -0.2) is 0 Å². The van der Waals surface area contributed by atoms with Crippen molar-refractivity contribution in [3.63, 3.8) is 0 Å². The van der Waals surface area contributed by atoms with Crippen LogP contribution in [-0.2, 0) is 11.2 Å². The third kappa shape index (κ3) is 1.69. The van der Waals surface area contributed by atoms with E-state index in [0.717, 1.165) is 19.4 Å². The first-order valence-electron chi connectivity index (χ1n) is 6.59. The molecule has 2 aliphatic rings. The van der Waals surface area contributed by atoms with Crippen LogP contribution in [0.3, 0.4) is 0 Å². The van der Waals surface area contributed by atoms with Gasteiger partial charge in [-0.2, -0.15) is 5.26 Å². The van der Waals surface area contributed by atoms with Gasteiger partial charge in [-0.15, -0.1) is 0 Å². The van der Waals surface area contributed by atoms with Crippen molar-refractivity contribution in [2.75, 3.05) is 6.54 Å². The van der Waals surface area contributed by atoms with Gasteiger partial charge in [-0.3, -0.25) is 4.79 Å². The second-order valence-corrected chi connectivity index (χ2v) is 5.13. The minimum Gasteiger partial charge on any atom is -0.335 e. The number of benzene rings is 1. The molecule has 2 atom stereocenters. The van der Waals surface area contributed by atoms with Crippen LogP contribution in [0.15, 0.2) is 24.3 Å². The van der Waals surface area contributed by atoms with Crippen LogP contribution in [0.25, 0.3) is 0 Å². The molecule has 0 aromatic heterocycles. The average molecular weight is 240 g/mol. The standard InChI is InChI=1S/C15H16N2O/c16-10-12-9-11-5-1-2-6-13(11)14-7-3-4-8-17(14)15(12)18/h1-2,5-6,12,14H,3-4,7-9H2. The summed E-state index contributed by atoms with van der Waals surface area (Å²) in [5.74, 6) is -0.479. The molecule has 3 nitrogen and oxygen atoms in total. The van der Waals surface area contributed by atoms with E-state index in [-0.39, 0.29) is 11.9 Å². The zero-order valence-corrected chi connectivity index (χ0v) is 10.3. The average Bonchev–Trinajstić information content (AvgIpc) is 2.55. The number of piperidine rings is 1. The molecule has 1 aromatic carbocycles. The van der Waals surface area contributed by atoms with Gasteiger partial charge >= 0.3 is 0 Å². The highest BCUT2D eigenvalue weighted by molar-refractivity contribution is 5.83. The molecule has 3 rings (SSSR count). The van der Waals surface area contributed by atoms with Gasteiger partial charge in [-0.05, 0) is 36.8 Å². The quantitative estimate of drug-likeness (QED) is 0.699. The highest BCUT2D eigenvalue weighted by Crippen LogP contribution is 2.37. The van der Waals surface area contributed by atoms with E-state index in [1.807, 2.05) is 17.0 Å². The Morgan fingerprint density at radius 3 is 2.94 bits per heavy atom. The van der Waals surface area contributed by atoms with Crippen molar-refractivity contribution < 1.29 is 4.79 Å². The van der Waals surface area contributed by atoms with E-state index in [2.05, 4.69) is 18.2 Å². The molecule has 0 spiro atoms. The zero-order chi connectivity index (χ0) is 12.5. The molecule has 0 radical (unpaired) electrons. The van der Waals surface area contributed by atoms with Crippen molar-refractivity contribution in [1.29, 1.82) is 5.26 Å². The molecular formula is C15H16N2O. The van der Waals surface area contributed by atoms with Crippen LogP contribution in [0.2, 0.25) is 0 Å². The molecule has 0 saturated carbocycles. The molecule has 0 N–H and O–H groups in total. The van der Waals surface area contributed by atoms with Gasteiger partial charge in [0.25, 0.3) is 0 Å². The second-order valence-electron chi connectivity index (χ2n) is 5.13. The van der Waals surface area contributed by atoms with Crippen molar-refractivity contribution in [2.24, 2.45) is 5.92 Å². The van der Waals surface area contributed by atoms with E-state index in [0.29, 0.717) is 6.42 Å². The number of nitriles is 1. The molecule has 3 heteroatoms. The first-order chi connectivity index (χ1) is 8.81. The molecule has 1 amide bonds. The normalized spacial score (nSPS) is 26.8. The molecule has 2 unspecified atom stereocenters. The summed E-state index contributed by atoms with van der Waals surface area (Å²) in [5, 5.41) is 9.20.